The van der Waals surface area contributed by atoms with Crippen LogP contribution in [0.4, 0.5) is 5.69 Å². The average Bonchev–Trinajstić information content (AvgIpc) is 3.12. The number of hydrogen-bond donors (Lipinski definition) is 1. The predicted octanol–water partition coefficient (Wildman–Crippen LogP) is 2.95. The summed E-state index contributed by atoms with van der Waals surface area (Å²) in [5.74, 6) is 0. The number of nitrogens with zero attached hydrogens (tertiary/aromatic N) is 3. The molecule has 0 saturated heterocycles. The van der Waals surface area contributed by atoms with Gasteiger partial charge in [-0.25, -0.2) is 8.42 Å². The maximum Gasteiger partial charge on any atom is 0.269 e. The summed E-state index contributed by atoms with van der Waals surface area (Å²) in [5.41, 5.74) is 3.71. The number of rotatable bonds is 4. The Morgan fingerprint density at radius 2 is 1.96 bits per heavy atom. The number of benzene rings is 1. The van der Waals surface area contributed by atoms with Crippen molar-refractivity contribution in [2.24, 2.45) is 0 Å². The normalized spacial score (nSPS) is 15.6. The van der Waals surface area contributed by atoms with Crippen molar-refractivity contribution in [1.82, 2.24) is 14.3 Å². The number of H-pyrrole nitrogens is 1. The van der Waals surface area contributed by atoms with Crippen LogP contribution < -0.4 is 0 Å². The topological polar surface area (TPSA) is 109 Å². The highest BCUT2D eigenvalue weighted by Gasteiger charge is 2.27. The van der Waals surface area contributed by atoms with E-state index in [9.17, 15) is 18.5 Å². The summed E-state index contributed by atoms with van der Waals surface area (Å²) < 4.78 is 26.9. The Morgan fingerprint density at radius 1 is 1.19 bits per heavy atom. The number of fused-ring (bicyclic) bond motifs is 1. The SMILES string of the molecule is O=[N+]([O-])c1ccc(S(=O)(=O)N2CC=C(c3c[nH]c4cccnc34)CC2)cc1. The molecular weight excluding hydrogens is 368 g/mol. The van der Waals surface area contributed by atoms with Crippen molar-refractivity contribution < 1.29 is 13.3 Å². The maximum atomic E-state index is 12.8. The van der Waals surface area contributed by atoms with E-state index in [-0.39, 0.29) is 17.1 Å². The molecule has 0 atom stereocenters. The van der Waals surface area contributed by atoms with Gasteiger partial charge in [-0.05, 0) is 36.3 Å². The molecule has 0 saturated carbocycles. The van der Waals surface area contributed by atoms with Gasteiger partial charge in [0.1, 0.15) is 0 Å². The van der Waals surface area contributed by atoms with Gasteiger partial charge >= 0.3 is 0 Å². The number of sulfonamides is 1. The van der Waals surface area contributed by atoms with Crippen molar-refractivity contribution in [3.63, 3.8) is 0 Å². The highest BCUT2D eigenvalue weighted by Crippen LogP contribution is 2.30. The van der Waals surface area contributed by atoms with Gasteiger partial charge in [0.05, 0.1) is 20.9 Å². The molecule has 0 spiro atoms. The summed E-state index contributed by atoms with van der Waals surface area (Å²) in [5, 5.41) is 10.7. The van der Waals surface area contributed by atoms with Gasteiger partial charge in [0.2, 0.25) is 10.0 Å². The molecule has 9 heteroatoms. The monoisotopic (exact) mass is 384 g/mol. The number of pyridine rings is 1. The molecule has 0 amide bonds. The van der Waals surface area contributed by atoms with Gasteiger partial charge in [0, 0.05) is 43.2 Å². The molecule has 1 aliphatic rings. The molecule has 27 heavy (non-hydrogen) atoms. The lowest BCUT2D eigenvalue weighted by atomic mass is 10.0. The van der Waals surface area contributed by atoms with E-state index in [2.05, 4.69) is 9.97 Å². The van der Waals surface area contributed by atoms with Gasteiger partial charge in [-0.3, -0.25) is 15.1 Å². The quantitative estimate of drug-likeness (QED) is 0.549. The molecule has 1 aromatic carbocycles. The number of aromatic nitrogens is 2. The van der Waals surface area contributed by atoms with Crippen molar-refractivity contribution in [2.45, 2.75) is 11.3 Å². The molecule has 0 aliphatic carbocycles. The van der Waals surface area contributed by atoms with E-state index < -0.39 is 14.9 Å². The zero-order valence-corrected chi connectivity index (χ0v) is 15.0. The van der Waals surface area contributed by atoms with Crippen LogP contribution in [0.15, 0.2) is 59.8 Å². The smallest absolute Gasteiger partial charge is 0.269 e. The first kappa shape index (κ1) is 17.4. The summed E-state index contributed by atoms with van der Waals surface area (Å²) >= 11 is 0. The van der Waals surface area contributed by atoms with Crippen LogP contribution in [0.25, 0.3) is 16.6 Å². The van der Waals surface area contributed by atoms with E-state index in [1.165, 1.54) is 28.6 Å². The predicted molar refractivity (Wildman–Crippen MR) is 101 cm³/mol. The van der Waals surface area contributed by atoms with E-state index >= 15 is 0 Å². The number of nitro groups is 1. The Bertz CT molecular complexity index is 1150. The second-order valence-corrected chi connectivity index (χ2v) is 8.13. The van der Waals surface area contributed by atoms with E-state index in [1.807, 2.05) is 24.4 Å². The van der Waals surface area contributed by atoms with Crippen LogP contribution in [0.3, 0.4) is 0 Å². The maximum absolute atomic E-state index is 12.8. The minimum Gasteiger partial charge on any atom is -0.359 e. The van der Waals surface area contributed by atoms with Gasteiger partial charge in [0.15, 0.2) is 0 Å². The minimum absolute atomic E-state index is 0.0544. The van der Waals surface area contributed by atoms with Crippen LogP contribution in [0.1, 0.15) is 12.0 Å². The lowest BCUT2D eigenvalue weighted by Gasteiger charge is -2.25. The molecule has 0 fully saturated rings. The number of nitro benzene ring substituents is 1. The van der Waals surface area contributed by atoms with E-state index in [0.29, 0.717) is 13.0 Å². The number of non-ortho nitro benzene ring substituents is 1. The Morgan fingerprint density at radius 3 is 2.63 bits per heavy atom. The Hall–Kier alpha value is -3.04. The van der Waals surface area contributed by atoms with Gasteiger partial charge in [0.25, 0.3) is 5.69 Å². The third-order valence-corrected chi connectivity index (χ3v) is 6.52. The van der Waals surface area contributed by atoms with Crippen molar-refractivity contribution in [3.05, 3.63) is 70.5 Å². The molecule has 0 radical (unpaired) electrons. The molecule has 138 valence electrons. The van der Waals surface area contributed by atoms with Gasteiger partial charge in [-0.1, -0.05) is 6.08 Å². The fourth-order valence-corrected chi connectivity index (χ4v) is 4.58. The molecule has 3 heterocycles. The molecule has 2 aromatic heterocycles. The molecule has 4 rings (SSSR count). The third-order valence-electron chi connectivity index (χ3n) is 4.64. The van der Waals surface area contributed by atoms with Crippen LogP contribution in [0.2, 0.25) is 0 Å². The summed E-state index contributed by atoms with van der Waals surface area (Å²) in [7, 11) is -3.70. The lowest BCUT2D eigenvalue weighted by Crippen LogP contribution is -2.34. The van der Waals surface area contributed by atoms with Crippen LogP contribution in [0, 0.1) is 10.1 Å². The highest BCUT2D eigenvalue weighted by molar-refractivity contribution is 7.89. The van der Waals surface area contributed by atoms with E-state index in [1.54, 1.807) is 6.20 Å². The fraction of sp³-hybridized carbons (Fsp3) is 0.167. The zero-order chi connectivity index (χ0) is 19.0. The average molecular weight is 384 g/mol. The number of aromatic amines is 1. The van der Waals surface area contributed by atoms with Crippen molar-refractivity contribution in [3.8, 4) is 0 Å². The van der Waals surface area contributed by atoms with E-state index in [4.69, 9.17) is 0 Å². The highest BCUT2D eigenvalue weighted by atomic mass is 32.2. The first-order chi connectivity index (χ1) is 13.0. The molecular formula is C18H16N4O4S. The number of nitrogens with one attached hydrogen (secondary N) is 1. The Kier molecular flexibility index (Phi) is 4.25. The first-order valence-corrected chi connectivity index (χ1v) is 9.77. The zero-order valence-electron chi connectivity index (χ0n) is 14.2. The van der Waals surface area contributed by atoms with Crippen LogP contribution in [0.5, 0.6) is 0 Å². The van der Waals surface area contributed by atoms with Gasteiger partial charge < -0.3 is 4.98 Å². The fourth-order valence-electron chi connectivity index (χ4n) is 3.20. The lowest BCUT2D eigenvalue weighted by molar-refractivity contribution is -0.384. The van der Waals surface area contributed by atoms with Gasteiger partial charge in [-0.2, -0.15) is 4.31 Å². The largest absolute Gasteiger partial charge is 0.359 e. The Labute approximate surface area is 155 Å². The summed E-state index contributed by atoms with van der Waals surface area (Å²) in [4.78, 5) is 17.8. The summed E-state index contributed by atoms with van der Waals surface area (Å²) in [6, 6.07) is 8.76. The third kappa shape index (κ3) is 3.11. The Balaban J connectivity index is 1.58. The molecule has 0 unspecified atom stereocenters. The van der Waals surface area contributed by atoms with Crippen molar-refractivity contribution >= 4 is 32.3 Å². The summed E-state index contributed by atoms with van der Waals surface area (Å²) in [6.07, 6.45) is 6.08. The second-order valence-electron chi connectivity index (χ2n) is 6.20. The molecule has 0 bridgehead atoms. The number of hydrogen-bond acceptors (Lipinski definition) is 5. The first-order valence-electron chi connectivity index (χ1n) is 8.33. The second kappa shape index (κ2) is 6.60. The molecule has 1 aliphatic heterocycles. The standard InChI is InChI=1S/C18H16N4O4S/c23-22(24)14-3-5-15(6-4-14)27(25,26)21-10-7-13(8-11-21)16-12-20-17-2-1-9-19-18(16)17/h1-7,9,12,20H,8,10-11H2. The van der Waals surface area contributed by atoms with Gasteiger partial charge in [-0.15, -0.1) is 0 Å². The molecule has 1 N–H and O–H groups in total. The van der Waals surface area contributed by atoms with Crippen LogP contribution in [-0.2, 0) is 10.0 Å². The van der Waals surface area contributed by atoms with Crippen LogP contribution >= 0.6 is 0 Å². The van der Waals surface area contributed by atoms with Crippen molar-refractivity contribution in [2.75, 3.05) is 13.1 Å². The van der Waals surface area contributed by atoms with Crippen molar-refractivity contribution in [1.29, 1.82) is 0 Å². The minimum atomic E-state index is -3.70. The molecule has 8 nitrogen and oxygen atoms in total. The summed E-state index contributed by atoms with van der Waals surface area (Å²) in [6.45, 7) is 0.582. The van der Waals surface area contributed by atoms with Crippen LogP contribution in [-0.4, -0.2) is 40.7 Å². The molecule has 3 aromatic rings. The van der Waals surface area contributed by atoms with E-state index in [0.717, 1.165) is 22.2 Å².